The molecule has 10 heteroatoms. The van der Waals surface area contributed by atoms with E-state index in [0.717, 1.165) is 0 Å². The van der Waals surface area contributed by atoms with E-state index < -0.39 is 18.5 Å². The first-order valence-electron chi connectivity index (χ1n) is 11.2. The number of esters is 1. The van der Waals surface area contributed by atoms with Crippen molar-refractivity contribution in [2.75, 3.05) is 26.1 Å². The molecule has 4 rings (SSSR count). The Bertz CT molecular complexity index is 1520. The van der Waals surface area contributed by atoms with Crippen LogP contribution in [0.5, 0.6) is 17.2 Å². The number of carbonyl (C=O) groups is 2. The number of nitrogens with one attached hydrogen (secondary N) is 1. The van der Waals surface area contributed by atoms with Crippen LogP contribution in [0.3, 0.4) is 0 Å². The van der Waals surface area contributed by atoms with Crippen molar-refractivity contribution in [1.82, 2.24) is 0 Å². The Morgan fingerprint density at radius 3 is 2.16 bits per heavy atom. The van der Waals surface area contributed by atoms with Crippen molar-refractivity contribution in [3.8, 4) is 45.8 Å². The number of hydrogen-bond acceptors (Lipinski definition) is 8. The molecule has 192 valence electrons. The fourth-order valence-corrected chi connectivity index (χ4v) is 3.82. The predicted octanol–water partition coefficient (Wildman–Crippen LogP) is 5.66. The maximum absolute atomic E-state index is 12.6. The third kappa shape index (κ3) is 5.56. The van der Waals surface area contributed by atoms with Crippen molar-refractivity contribution in [3.05, 3.63) is 82.9 Å². The number of furan rings is 1. The van der Waals surface area contributed by atoms with E-state index in [2.05, 4.69) is 11.4 Å². The maximum Gasteiger partial charge on any atom is 0.342 e. The Morgan fingerprint density at radius 2 is 1.58 bits per heavy atom. The highest BCUT2D eigenvalue weighted by Crippen LogP contribution is 2.42. The van der Waals surface area contributed by atoms with Crippen LogP contribution in [0.2, 0.25) is 5.02 Å². The summed E-state index contributed by atoms with van der Waals surface area (Å²) in [5.41, 5.74) is 1.63. The van der Waals surface area contributed by atoms with Gasteiger partial charge in [-0.15, -0.1) is 0 Å². The number of methoxy groups -OCH3 is 2. The third-order valence-corrected chi connectivity index (χ3v) is 5.75. The second-order valence-corrected chi connectivity index (χ2v) is 8.30. The molecule has 0 aliphatic carbocycles. The van der Waals surface area contributed by atoms with E-state index in [0.29, 0.717) is 33.9 Å². The number of hydrogen-bond donors (Lipinski definition) is 2. The zero-order chi connectivity index (χ0) is 27.2. The van der Waals surface area contributed by atoms with Gasteiger partial charge in [-0.3, -0.25) is 10.1 Å². The summed E-state index contributed by atoms with van der Waals surface area (Å²) in [6.45, 7) is -0.702. The molecule has 0 saturated carbocycles. The average Bonchev–Trinajstić information content (AvgIpc) is 3.30. The summed E-state index contributed by atoms with van der Waals surface area (Å²) in [4.78, 5) is 25.0. The molecule has 0 atom stereocenters. The number of carbonyl (C=O) groups excluding carboxylic acids is 2. The van der Waals surface area contributed by atoms with E-state index >= 15 is 0 Å². The van der Waals surface area contributed by atoms with Gasteiger partial charge < -0.3 is 23.7 Å². The van der Waals surface area contributed by atoms with E-state index in [1.165, 1.54) is 18.2 Å². The van der Waals surface area contributed by atoms with Gasteiger partial charge in [0.25, 0.3) is 5.91 Å². The monoisotopic (exact) mass is 532 g/mol. The van der Waals surface area contributed by atoms with Crippen molar-refractivity contribution in [2.24, 2.45) is 0 Å². The molecule has 3 aromatic carbocycles. The number of ether oxygens (including phenoxy) is 3. The SMILES string of the molecule is COc1ccc(-c2oc(NC(=O)COC(=O)c3cc(Cl)ccc3O)c(C#N)c2-c2ccc(OC)cc2)cc1. The lowest BCUT2D eigenvalue weighted by Crippen LogP contribution is -2.21. The molecule has 4 aromatic rings. The van der Waals surface area contributed by atoms with Crippen molar-refractivity contribution in [1.29, 1.82) is 5.26 Å². The van der Waals surface area contributed by atoms with Crippen LogP contribution in [0.25, 0.3) is 22.5 Å². The minimum atomic E-state index is -0.946. The molecule has 0 radical (unpaired) electrons. The largest absolute Gasteiger partial charge is 0.507 e. The summed E-state index contributed by atoms with van der Waals surface area (Å²) in [7, 11) is 3.09. The Balaban J connectivity index is 1.64. The Kier molecular flexibility index (Phi) is 7.85. The minimum absolute atomic E-state index is 0.0770. The van der Waals surface area contributed by atoms with Gasteiger partial charge in [0, 0.05) is 16.1 Å². The molecule has 0 saturated heterocycles. The normalized spacial score (nSPS) is 10.4. The number of halogens is 1. The molecule has 0 unspecified atom stereocenters. The van der Waals surface area contributed by atoms with Gasteiger partial charge in [-0.2, -0.15) is 5.26 Å². The van der Waals surface area contributed by atoms with Crippen LogP contribution in [0.1, 0.15) is 15.9 Å². The molecule has 0 spiro atoms. The molecular weight excluding hydrogens is 512 g/mol. The van der Waals surface area contributed by atoms with E-state index in [1.807, 2.05) is 0 Å². The summed E-state index contributed by atoms with van der Waals surface area (Å²) in [6.07, 6.45) is 0. The summed E-state index contributed by atoms with van der Waals surface area (Å²) < 4.78 is 21.4. The molecule has 0 aliphatic heterocycles. The fraction of sp³-hybridized carbons (Fsp3) is 0.107. The zero-order valence-electron chi connectivity index (χ0n) is 20.3. The number of anilines is 1. The van der Waals surface area contributed by atoms with Crippen molar-refractivity contribution >= 4 is 29.4 Å². The molecule has 2 N–H and O–H groups in total. The molecule has 1 aromatic heterocycles. The van der Waals surface area contributed by atoms with Gasteiger partial charge in [0.1, 0.15) is 40.2 Å². The van der Waals surface area contributed by atoms with Crippen LogP contribution in [0.4, 0.5) is 5.88 Å². The third-order valence-electron chi connectivity index (χ3n) is 5.52. The van der Waals surface area contributed by atoms with E-state index in [4.69, 9.17) is 30.2 Å². The summed E-state index contributed by atoms with van der Waals surface area (Å²) in [5.74, 6) is -0.562. The van der Waals surface area contributed by atoms with Crippen LogP contribution in [0.15, 0.2) is 71.1 Å². The molecule has 0 fully saturated rings. The number of phenols is 1. The van der Waals surface area contributed by atoms with Gasteiger partial charge in [-0.05, 0) is 60.2 Å². The zero-order valence-corrected chi connectivity index (χ0v) is 21.0. The minimum Gasteiger partial charge on any atom is -0.507 e. The average molecular weight is 533 g/mol. The van der Waals surface area contributed by atoms with Crippen molar-refractivity contribution in [3.63, 3.8) is 0 Å². The van der Waals surface area contributed by atoms with Gasteiger partial charge in [0.05, 0.1) is 14.2 Å². The highest BCUT2D eigenvalue weighted by Gasteiger charge is 2.25. The highest BCUT2D eigenvalue weighted by molar-refractivity contribution is 6.31. The summed E-state index contributed by atoms with van der Waals surface area (Å²) in [6, 6.07) is 20.0. The molecule has 1 amide bonds. The first kappa shape index (κ1) is 26.1. The van der Waals surface area contributed by atoms with Gasteiger partial charge in [0.15, 0.2) is 6.61 Å². The quantitative estimate of drug-likeness (QED) is 0.278. The Morgan fingerprint density at radius 1 is 0.974 bits per heavy atom. The Labute approximate surface area is 222 Å². The van der Waals surface area contributed by atoms with Crippen molar-refractivity contribution < 1.29 is 33.3 Å². The summed E-state index contributed by atoms with van der Waals surface area (Å²) >= 11 is 5.86. The van der Waals surface area contributed by atoms with Crippen LogP contribution >= 0.6 is 11.6 Å². The molecular formula is C28H21ClN2O7. The first-order valence-corrected chi connectivity index (χ1v) is 11.5. The van der Waals surface area contributed by atoms with Gasteiger partial charge in [0.2, 0.25) is 5.88 Å². The molecule has 38 heavy (non-hydrogen) atoms. The second kappa shape index (κ2) is 11.4. The van der Waals surface area contributed by atoms with Crippen LogP contribution in [-0.4, -0.2) is 37.8 Å². The number of nitrogens with zero attached hydrogens (tertiary/aromatic N) is 1. The number of rotatable bonds is 8. The number of nitriles is 1. The van der Waals surface area contributed by atoms with Crippen molar-refractivity contribution in [2.45, 2.75) is 0 Å². The molecule has 0 bridgehead atoms. The lowest BCUT2D eigenvalue weighted by Gasteiger charge is -2.07. The maximum atomic E-state index is 12.6. The van der Waals surface area contributed by atoms with Gasteiger partial charge >= 0.3 is 5.97 Å². The predicted molar refractivity (Wildman–Crippen MR) is 139 cm³/mol. The highest BCUT2D eigenvalue weighted by atomic mass is 35.5. The lowest BCUT2D eigenvalue weighted by atomic mass is 9.98. The Hall–Kier alpha value is -4.94. The van der Waals surface area contributed by atoms with Gasteiger partial charge in [-0.1, -0.05) is 23.7 Å². The van der Waals surface area contributed by atoms with Crippen LogP contribution < -0.4 is 14.8 Å². The second-order valence-electron chi connectivity index (χ2n) is 7.86. The van der Waals surface area contributed by atoms with E-state index in [1.54, 1.807) is 62.8 Å². The lowest BCUT2D eigenvalue weighted by molar-refractivity contribution is -0.119. The topological polar surface area (TPSA) is 131 Å². The van der Waals surface area contributed by atoms with E-state index in [-0.39, 0.29) is 27.8 Å². The van der Waals surface area contributed by atoms with Gasteiger partial charge in [-0.25, -0.2) is 4.79 Å². The van der Waals surface area contributed by atoms with Crippen LogP contribution in [-0.2, 0) is 9.53 Å². The smallest absolute Gasteiger partial charge is 0.342 e. The standard InChI is InChI=1S/C28H21ClN2O7/c1-35-19-8-3-16(4-9-19)25-22(14-30)27(38-26(25)17-5-10-20(36-2)11-6-17)31-24(33)15-37-28(34)21-13-18(29)7-12-23(21)32/h3-13,32H,15H2,1-2H3,(H,31,33). The number of aromatic hydroxyl groups is 1. The summed E-state index contributed by atoms with van der Waals surface area (Å²) in [5, 5.41) is 22.6. The first-order chi connectivity index (χ1) is 18.3. The number of amides is 1. The molecule has 9 nitrogen and oxygen atoms in total. The van der Waals surface area contributed by atoms with Crippen LogP contribution in [0, 0.1) is 11.3 Å². The fourth-order valence-electron chi connectivity index (χ4n) is 3.65. The van der Waals surface area contributed by atoms with E-state index in [9.17, 15) is 20.0 Å². The molecule has 0 aliphatic rings. The molecule has 1 heterocycles. The number of phenolic OH excluding ortho intramolecular Hbond substituents is 1. The number of benzene rings is 3.